The van der Waals surface area contributed by atoms with Crippen molar-refractivity contribution in [1.29, 1.82) is 0 Å². The summed E-state index contributed by atoms with van der Waals surface area (Å²) in [5, 5.41) is 2.47. The average molecular weight is 290 g/mol. The van der Waals surface area contributed by atoms with Crippen molar-refractivity contribution in [1.82, 2.24) is 0 Å². The molecule has 0 aliphatic heterocycles. The maximum Gasteiger partial charge on any atom is 0.312 e. The number of hydrogen-bond acceptors (Lipinski definition) is 2. The standard InChI is InChI=1S/C20H18O2/c1-14(20(21)22-2)15-7-9-17(10-8-15)19-12-11-16-5-3-4-6-18(16)13-19/h3-14H,1-2H3. The van der Waals surface area contributed by atoms with E-state index in [1.807, 2.05) is 31.2 Å². The summed E-state index contributed by atoms with van der Waals surface area (Å²) < 4.78 is 4.79. The van der Waals surface area contributed by atoms with E-state index in [-0.39, 0.29) is 11.9 Å². The van der Waals surface area contributed by atoms with Crippen LogP contribution in [0.2, 0.25) is 0 Å². The number of methoxy groups -OCH3 is 1. The summed E-state index contributed by atoms with van der Waals surface area (Å²) in [7, 11) is 1.42. The lowest BCUT2D eigenvalue weighted by atomic mass is 9.96. The second kappa shape index (κ2) is 6.02. The summed E-state index contributed by atoms with van der Waals surface area (Å²) in [5.74, 6) is -0.450. The van der Waals surface area contributed by atoms with E-state index < -0.39 is 0 Å². The molecule has 0 saturated heterocycles. The second-order valence-electron chi connectivity index (χ2n) is 5.43. The van der Waals surface area contributed by atoms with E-state index in [2.05, 4.69) is 42.5 Å². The third-order valence-electron chi connectivity index (χ3n) is 4.05. The van der Waals surface area contributed by atoms with Crippen molar-refractivity contribution < 1.29 is 9.53 Å². The van der Waals surface area contributed by atoms with Crippen molar-refractivity contribution in [2.45, 2.75) is 12.8 Å². The molecular weight excluding hydrogens is 272 g/mol. The molecule has 0 amide bonds. The van der Waals surface area contributed by atoms with Crippen LogP contribution in [0.25, 0.3) is 21.9 Å². The number of ether oxygens (including phenoxy) is 1. The van der Waals surface area contributed by atoms with Crippen molar-refractivity contribution in [3.8, 4) is 11.1 Å². The Morgan fingerprint density at radius 2 is 1.50 bits per heavy atom. The van der Waals surface area contributed by atoms with Gasteiger partial charge >= 0.3 is 5.97 Å². The first kappa shape index (κ1) is 14.3. The molecule has 0 aliphatic carbocycles. The van der Waals surface area contributed by atoms with E-state index in [1.165, 1.54) is 23.4 Å². The first-order chi connectivity index (χ1) is 10.7. The van der Waals surface area contributed by atoms with Crippen LogP contribution < -0.4 is 0 Å². The van der Waals surface area contributed by atoms with Crippen LogP contribution >= 0.6 is 0 Å². The molecule has 3 aromatic carbocycles. The Kier molecular flexibility index (Phi) is 3.92. The maximum atomic E-state index is 11.6. The van der Waals surface area contributed by atoms with E-state index in [9.17, 15) is 4.79 Å². The lowest BCUT2D eigenvalue weighted by Crippen LogP contribution is -2.10. The average Bonchev–Trinajstić information content (AvgIpc) is 2.60. The van der Waals surface area contributed by atoms with Crippen LogP contribution in [0.15, 0.2) is 66.7 Å². The lowest BCUT2D eigenvalue weighted by Gasteiger charge is -2.10. The highest BCUT2D eigenvalue weighted by molar-refractivity contribution is 5.87. The van der Waals surface area contributed by atoms with Crippen LogP contribution in [0.4, 0.5) is 0 Å². The summed E-state index contributed by atoms with van der Waals surface area (Å²) in [4.78, 5) is 11.6. The number of carbonyl (C=O) groups excluding carboxylic acids is 1. The summed E-state index contributed by atoms with van der Waals surface area (Å²) >= 11 is 0. The topological polar surface area (TPSA) is 26.3 Å². The third kappa shape index (κ3) is 2.73. The highest BCUT2D eigenvalue weighted by atomic mass is 16.5. The highest BCUT2D eigenvalue weighted by Gasteiger charge is 2.15. The van der Waals surface area contributed by atoms with Crippen LogP contribution in [-0.4, -0.2) is 13.1 Å². The fourth-order valence-corrected chi connectivity index (χ4v) is 2.65. The third-order valence-corrected chi connectivity index (χ3v) is 4.05. The molecule has 0 saturated carbocycles. The van der Waals surface area contributed by atoms with Gasteiger partial charge in [-0.2, -0.15) is 0 Å². The Bertz CT molecular complexity index is 803. The molecule has 0 fully saturated rings. The van der Waals surface area contributed by atoms with Crippen LogP contribution in [0.3, 0.4) is 0 Å². The van der Waals surface area contributed by atoms with Crippen molar-refractivity contribution in [3.05, 3.63) is 72.3 Å². The van der Waals surface area contributed by atoms with Crippen molar-refractivity contribution >= 4 is 16.7 Å². The molecule has 110 valence electrons. The Morgan fingerprint density at radius 1 is 0.864 bits per heavy atom. The van der Waals surface area contributed by atoms with Gasteiger partial charge in [0.25, 0.3) is 0 Å². The van der Waals surface area contributed by atoms with E-state index in [0.717, 1.165) is 11.1 Å². The molecule has 3 aromatic rings. The lowest BCUT2D eigenvalue weighted by molar-refractivity contribution is -0.141. The van der Waals surface area contributed by atoms with Gasteiger partial charge in [0, 0.05) is 0 Å². The van der Waals surface area contributed by atoms with Crippen LogP contribution in [0.5, 0.6) is 0 Å². The first-order valence-corrected chi connectivity index (χ1v) is 7.36. The molecule has 0 aromatic heterocycles. The summed E-state index contributed by atoms with van der Waals surface area (Å²) in [6, 6.07) is 22.9. The fraction of sp³-hybridized carbons (Fsp3) is 0.150. The zero-order valence-electron chi connectivity index (χ0n) is 12.7. The van der Waals surface area contributed by atoms with Gasteiger partial charge in [0.15, 0.2) is 0 Å². The van der Waals surface area contributed by atoms with Crippen molar-refractivity contribution in [3.63, 3.8) is 0 Å². The minimum atomic E-state index is -0.240. The Morgan fingerprint density at radius 3 is 2.18 bits per heavy atom. The normalized spacial score (nSPS) is 12.1. The maximum absolute atomic E-state index is 11.6. The number of rotatable bonds is 3. The Labute approximate surface area is 130 Å². The van der Waals surface area contributed by atoms with Crippen molar-refractivity contribution in [2.75, 3.05) is 7.11 Å². The van der Waals surface area contributed by atoms with E-state index in [0.29, 0.717) is 0 Å². The molecule has 0 heterocycles. The van der Waals surface area contributed by atoms with Gasteiger partial charge in [0.1, 0.15) is 0 Å². The van der Waals surface area contributed by atoms with Gasteiger partial charge in [0.2, 0.25) is 0 Å². The predicted octanol–water partition coefficient (Wildman–Crippen LogP) is 4.78. The number of esters is 1. The van der Waals surface area contributed by atoms with Crippen LogP contribution in [0.1, 0.15) is 18.4 Å². The molecule has 0 N–H and O–H groups in total. The Balaban J connectivity index is 1.92. The molecule has 2 heteroatoms. The molecule has 0 bridgehead atoms. The molecular formula is C20H18O2. The molecule has 0 aliphatic rings. The quantitative estimate of drug-likeness (QED) is 0.649. The van der Waals surface area contributed by atoms with Gasteiger partial charge in [-0.1, -0.05) is 60.7 Å². The molecule has 2 nitrogen and oxygen atoms in total. The highest BCUT2D eigenvalue weighted by Crippen LogP contribution is 2.26. The zero-order valence-corrected chi connectivity index (χ0v) is 12.7. The van der Waals surface area contributed by atoms with Gasteiger partial charge in [-0.05, 0) is 40.5 Å². The minimum absolute atomic E-state index is 0.210. The number of carbonyl (C=O) groups is 1. The summed E-state index contributed by atoms with van der Waals surface area (Å²) in [6.45, 7) is 1.86. The SMILES string of the molecule is COC(=O)C(C)c1ccc(-c2ccc3ccccc3c2)cc1. The second-order valence-corrected chi connectivity index (χ2v) is 5.43. The number of fused-ring (bicyclic) bond motifs is 1. The van der Waals surface area contributed by atoms with Crippen molar-refractivity contribution in [2.24, 2.45) is 0 Å². The van der Waals surface area contributed by atoms with Gasteiger partial charge < -0.3 is 4.74 Å². The van der Waals surface area contributed by atoms with Crippen LogP contribution in [-0.2, 0) is 9.53 Å². The Hall–Kier alpha value is -2.61. The fourth-order valence-electron chi connectivity index (χ4n) is 2.65. The molecule has 0 spiro atoms. The van der Waals surface area contributed by atoms with E-state index >= 15 is 0 Å². The monoisotopic (exact) mass is 290 g/mol. The van der Waals surface area contributed by atoms with Gasteiger partial charge in [-0.3, -0.25) is 4.79 Å². The van der Waals surface area contributed by atoms with Gasteiger partial charge in [-0.15, -0.1) is 0 Å². The van der Waals surface area contributed by atoms with Crippen LogP contribution in [0, 0.1) is 0 Å². The molecule has 1 unspecified atom stereocenters. The largest absolute Gasteiger partial charge is 0.469 e. The molecule has 3 rings (SSSR count). The minimum Gasteiger partial charge on any atom is -0.469 e. The predicted molar refractivity (Wildman–Crippen MR) is 89.8 cm³/mol. The first-order valence-electron chi connectivity index (χ1n) is 7.36. The molecule has 1 atom stereocenters. The van der Waals surface area contributed by atoms with Gasteiger partial charge in [0.05, 0.1) is 13.0 Å². The number of hydrogen-bond donors (Lipinski definition) is 0. The van der Waals surface area contributed by atoms with E-state index in [4.69, 9.17) is 4.74 Å². The summed E-state index contributed by atoms with van der Waals surface area (Å²) in [6.07, 6.45) is 0. The van der Waals surface area contributed by atoms with E-state index in [1.54, 1.807) is 0 Å². The summed E-state index contributed by atoms with van der Waals surface area (Å²) in [5.41, 5.74) is 3.29. The zero-order chi connectivity index (χ0) is 15.5. The number of benzene rings is 3. The van der Waals surface area contributed by atoms with Gasteiger partial charge in [-0.25, -0.2) is 0 Å². The smallest absolute Gasteiger partial charge is 0.312 e. The molecule has 0 radical (unpaired) electrons. The molecule has 22 heavy (non-hydrogen) atoms.